The van der Waals surface area contributed by atoms with Gasteiger partial charge in [0.1, 0.15) is 0 Å². The monoisotopic (exact) mass is 232 g/mol. The van der Waals surface area contributed by atoms with Crippen molar-refractivity contribution in [1.29, 1.82) is 0 Å². The quantitative estimate of drug-likeness (QED) is 0.752. The van der Waals surface area contributed by atoms with Crippen molar-refractivity contribution in [3.05, 3.63) is 23.8 Å². The lowest BCUT2D eigenvalue weighted by atomic mass is 9.60. The van der Waals surface area contributed by atoms with Gasteiger partial charge >= 0.3 is 5.97 Å². The molecule has 4 atom stereocenters. The summed E-state index contributed by atoms with van der Waals surface area (Å²) in [5, 5.41) is 9.34. The van der Waals surface area contributed by atoms with E-state index in [-0.39, 0.29) is 5.92 Å². The number of carboxylic acid groups (broad SMARTS) is 1. The molecule has 3 aliphatic rings. The Morgan fingerprint density at radius 2 is 2.12 bits per heavy atom. The van der Waals surface area contributed by atoms with Gasteiger partial charge < -0.3 is 5.11 Å². The van der Waals surface area contributed by atoms with Crippen LogP contribution in [0.2, 0.25) is 0 Å². The predicted molar refractivity (Wildman–Crippen MR) is 66.5 cm³/mol. The Bertz CT molecular complexity index is 380. The zero-order valence-electron chi connectivity index (χ0n) is 10.1. The molecule has 3 aliphatic carbocycles. The normalized spacial score (nSPS) is 40.1. The maximum atomic E-state index is 11.3. The Labute approximate surface area is 102 Å². The van der Waals surface area contributed by atoms with Gasteiger partial charge in [-0.25, -0.2) is 0 Å². The maximum Gasteiger partial charge on any atom is 0.306 e. The van der Waals surface area contributed by atoms with E-state index in [0.29, 0.717) is 17.8 Å². The van der Waals surface area contributed by atoms with Crippen molar-refractivity contribution in [2.24, 2.45) is 23.7 Å². The number of carboxylic acids is 1. The molecule has 0 aromatic heterocycles. The van der Waals surface area contributed by atoms with Crippen molar-refractivity contribution in [3.63, 3.8) is 0 Å². The SMILES string of the molecule is O=C(O)C1CCCC2C3CCC=CC3=CCC12. The summed E-state index contributed by atoms with van der Waals surface area (Å²) in [5.74, 6) is 1.04. The number of hydrogen-bond acceptors (Lipinski definition) is 1. The first kappa shape index (κ1) is 11.1. The van der Waals surface area contributed by atoms with Gasteiger partial charge in [0.15, 0.2) is 0 Å². The summed E-state index contributed by atoms with van der Waals surface area (Å²) in [7, 11) is 0. The molecule has 0 aliphatic heterocycles. The molecule has 0 heterocycles. The highest BCUT2D eigenvalue weighted by Gasteiger charge is 2.43. The second-order valence-electron chi connectivity index (χ2n) is 5.73. The Morgan fingerprint density at radius 1 is 1.24 bits per heavy atom. The number of allylic oxidation sites excluding steroid dienone is 4. The van der Waals surface area contributed by atoms with Crippen LogP contribution in [0.3, 0.4) is 0 Å². The largest absolute Gasteiger partial charge is 0.481 e. The highest BCUT2D eigenvalue weighted by molar-refractivity contribution is 5.70. The summed E-state index contributed by atoms with van der Waals surface area (Å²) in [4.78, 5) is 11.3. The van der Waals surface area contributed by atoms with Gasteiger partial charge in [0.2, 0.25) is 0 Å². The number of hydrogen-bond donors (Lipinski definition) is 1. The van der Waals surface area contributed by atoms with Gasteiger partial charge in [-0.15, -0.1) is 0 Å². The van der Waals surface area contributed by atoms with Gasteiger partial charge in [-0.1, -0.05) is 24.6 Å². The molecule has 4 unspecified atom stereocenters. The molecule has 1 saturated carbocycles. The van der Waals surface area contributed by atoms with Crippen LogP contribution in [0.4, 0.5) is 0 Å². The molecule has 1 N–H and O–H groups in total. The lowest BCUT2D eigenvalue weighted by molar-refractivity contribution is -0.146. The molecular formula is C15H20O2. The molecule has 0 spiro atoms. The molecule has 0 radical (unpaired) electrons. The van der Waals surface area contributed by atoms with E-state index in [4.69, 9.17) is 0 Å². The third-order valence-corrected chi connectivity index (χ3v) is 4.96. The van der Waals surface area contributed by atoms with Crippen molar-refractivity contribution in [3.8, 4) is 0 Å². The lowest BCUT2D eigenvalue weighted by Crippen LogP contribution is -2.39. The minimum atomic E-state index is -0.567. The first-order valence-corrected chi connectivity index (χ1v) is 6.87. The average molecular weight is 232 g/mol. The summed E-state index contributed by atoms with van der Waals surface area (Å²) in [5.41, 5.74) is 1.49. The van der Waals surface area contributed by atoms with Crippen LogP contribution in [0.5, 0.6) is 0 Å². The maximum absolute atomic E-state index is 11.3. The summed E-state index contributed by atoms with van der Waals surface area (Å²) in [6.45, 7) is 0. The smallest absolute Gasteiger partial charge is 0.306 e. The van der Waals surface area contributed by atoms with E-state index in [1.165, 1.54) is 24.8 Å². The van der Waals surface area contributed by atoms with Crippen LogP contribution in [0.15, 0.2) is 23.8 Å². The molecular weight excluding hydrogens is 212 g/mol. The van der Waals surface area contributed by atoms with Crippen LogP contribution >= 0.6 is 0 Å². The Morgan fingerprint density at radius 3 is 2.94 bits per heavy atom. The summed E-state index contributed by atoms with van der Waals surface area (Å²) in [6.07, 6.45) is 13.5. The highest BCUT2D eigenvalue weighted by Crippen LogP contribution is 2.49. The standard InChI is InChI=1S/C15H20O2/c16-15(17)14-7-3-6-12-11-5-2-1-4-10(11)8-9-13(12)14/h1,4,8,11-14H,2-3,5-7,9H2,(H,16,17). The fourth-order valence-corrected chi connectivity index (χ4v) is 4.18. The number of fused-ring (bicyclic) bond motifs is 3. The molecule has 1 fully saturated rings. The van der Waals surface area contributed by atoms with E-state index in [0.717, 1.165) is 19.3 Å². The lowest BCUT2D eigenvalue weighted by Gasteiger charge is -2.44. The van der Waals surface area contributed by atoms with Gasteiger partial charge in [0, 0.05) is 0 Å². The Balaban J connectivity index is 1.88. The number of aliphatic carboxylic acids is 1. The van der Waals surface area contributed by atoms with Gasteiger partial charge in [-0.2, -0.15) is 0 Å². The molecule has 2 nitrogen and oxygen atoms in total. The van der Waals surface area contributed by atoms with Crippen LogP contribution in [-0.2, 0) is 4.79 Å². The minimum Gasteiger partial charge on any atom is -0.481 e. The van der Waals surface area contributed by atoms with Crippen molar-refractivity contribution >= 4 is 5.97 Å². The third-order valence-electron chi connectivity index (χ3n) is 4.96. The first-order valence-electron chi connectivity index (χ1n) is 6.87. The zero-order valence-corrected chi connectivity index (χ0v) is 10.1. The van der Waals surface area contributed by atoms with Crippen molar-refractivity contribution in [2.45, 2.75) is 38.5 Å². The molecule has 92 valence electrons. The molecule has 0 aromatic carbocycles. The first-order chi connectivity index (χ1) is 8.27. The molecule has 17 heavy (non-hydrogen) atoms. The zero-order chi connectivity index (χ0) is 11.8. The predicted octanol–water partition coefficient (Wildman–Crippen LogP) is 3.40. The Kier molecular flexibility index (Phi) is 2.81. The molecule has 3 rings (SSSR count). The van der Waals surface area contributed by atoms with Crippen molar-refractivity contribution < 1.29 is 9.90 Å². The van der Waals surface area contributed by atoms with E-state index in [9.17, 15) is 9.90 Å². The highest BCUT2D eigenvalue weighted by atomic mass is 16.4. The second kappa shape index (κ2) is 4.32. The number of rotatable bonds is 1. The van der Waals surface area contributed by atoms with E-state index >= 15 is 0 Å². The van der Waals surface area contributed by atoms with Crippen molar-refractivity contribution in [1.82, 2.24) is 0 Å². The fourth-order valence-electron chi connectivity index (χ4n) is 4.18. The summed E-state index contributed by atoms with van der Waals surface area (Å²) >= 11 is 0. The second-order valence-corrected chi connectivity index (χ2v) is 5.73. The van der Waals surface area contributed by atoms with Crippen LogP contribution in [0.25, 0.3) is 0 Å². The molecule has 0 bridgehead atoms. The van der Waals surface area contributed by atoms with E-state index in [1.807, 2.05) is 0 Å². The summed E-state index contributed by atoms with van der Waals surface area (Å²) < 4.78 is 0. The molecule has 0 aromatic rings. The summed E-state index contributed by atoms with van der Waals surface area (Å²) in [6, 6.07) is 0. The topological polar surface area (TPSA) is 37.3 Å². The van der Waals surface area contributed by atoms with E-state index in [1.54, 1.807) is 0 Å². The van der Waals surface area contributed by atoms with E-state index in [2.05, 4.69) is 18.2 Å². The molecule has 0 amide bonds. The van der Waals surface area contributed by atoms with Crippen molar-refractivity contribution in [2.75, 3.05) is 0 Å². The molecule has 2 heteroatoms. The third kappa shape index (κ3) is 1.84. The van der Waals surface area contributed by atoms with Crippen LogP contribution in [-0.4, -0.2) is 11.1 Å². The minimum absolute atomic E-state index is 0.0857. The van der Waals surface area contributed by atoms with Gasteiger partial charge in [0.05, 0.1) is 5.92 Å². The van der Waals surface area contributed by atoms with Crippen LogP contribution < -0.4 is 0 Å². The van der Waals surface area contributed by atoms with Crippen LogP contribution in [0.1, 0.15) is 38.5 Å². The average Bonchev–Trinajstić information content (AvgIpc) is 2.37. The van der Waals surface area contributed by atoms with Gasteiger partial charge in [-0.05, 0) is 55.4 Å². The van der Waals surface area contributed by atoms with E-state index < -0.39 is 5.97 Å². The molecule has 0 saturated heterocycles. The van der Waals surface area contributed by atoms with Gasteiger partial charge in [-0.3, -0.25) is 4.79 Å². The number of carbonyl (C=O) groups is 1. The fraction of sp³-hybridized carbons (Fsp3) is 0.667. The Hall–Kier alpha value is -1.05. The van der Waals surface area contributed by atoms with Gasteiger partial charge in [0.25, 0.3) is 0 Å². The van der Waals surface area contributed by atoms with Crippen LogP contribution in [0, 0.1) is 23.7 Å².